The van der Waals surface area contributed by atoms with Gasteiger partial charge in [0.1, 0.15) is 17.3 Å². The van der Waals surface area contributed by atoms with Gasteiger partial charge in [-0.05, 0) is 174 Å². The second-order valence-corrected chi connectivity index (χ2v) is 28.3. The van der Waals surface area contributed by atoms with Crippen LogP contribution in [0.3, 0.4) is 0 Å². The average molecular weight is 1290 g/mol. The van der Waals surface area contributed by atoms with Crippen molar-refractivity contribution < 1.29 is 49.1 Å². The molecule has 0 unspecified atom stereocenters. The van der Waals surface area contributed by atoms with Crippen LogP contribution < -0.4 is 30.1 Å². The van der Waals surface area contributed by atoms with Crippen LogP contribution in [-0.2, 0) is 5.41 Å². The summed E-state index contributed by atoms with van der Waals surface area (Å²) in [6, 6.07) is 22.4. The molecule has 97 heavy (non-hydrogen) atoms. The summed E-state index contributed by atoms with van der Waals surface area (Å²) in [7, 11) is -6.39. The number of benzene rings is 13. The molecular formula is C90H67N5OSi. The molecule has 4 aromatic heterocycles. The largest absolute Gasteiger partial charge is 0.458 e. The Morgan fingerprint density at radius 2 is 0.969 bits per heavy atom. The lowest BCUT2D eigenvalue weighted by molar-refractivity contribution is -0.571. The number of fused-ring (bicyclic) bond motifs is 13. The molecule has 0 amide bonds. The van der Waals surface area contributed by atoms with Crippen molar-refractivity contribution in [2.75, 3.05) is 0 Å². The number of nitrogens with zero attached hydrogens (tertiary/aromatic N) is 5. The number of pyridine rings is 1. The summed E-state index contributed by atoms with van der Waals surface area (Å²) >= 11 is 0. The van der Waals surface area contributed by atoms with E-state index in [1.54, 1.807) is 77.5 Å². The summed E-state index contributed by atoms with van der Waals surface area (Å²) in [6.07, 6.45) is 5.30. The van der Waals surface area contributed by atoms with Crippen molar-refractivity contribution in [3.8, 4) is 78.9 Å². The number of aryl methyl sites for hydroxylation is 2. The van der Waals surface area contributed by atoms with Crippen LogP contribution in [0.25, 0.3) is 122 Å². The molecule has 0 spiro atoms. The average Bonchev–Trinajstić information content (AvgIpc) is 0.814. The summed E-state index contributed by atoms with van der Waals surface area (Å²) in [6.45, 7) is 0.0499. The topological polar surface area (TPSA) is 40.8 Å². The van der Waals surface area contributed by atoms with Gasteiger partial charge in [-0.15, -0.1) is 0 Å². The smallest absolute Gasteiger partial charge is 0.269 e. The molecule has 7 heteroatoms. The van der Waals surface area contributed by atoms with E-state index in [1.807, 2.05) is 65.2 Å². The summed E-state index contributed by atoms with van der Waals surface area (Å²) in [5, 5.41) is -0.510. The number of para-hydroxylation sites is 3. The maximum absolute atomic E-state index is 10.7. The Balaban J connectivity index is 1.11. The number of imidazole rings is 1. The lowest BCUT2D eigenvalue weighted by atomic mass is 9.87. The molecule has 0 saturated carbocycles. The minimum absolute atomic E-state index is 0.0403. The van der Waals surface area contributed by atoms with E-state index in [2.05, 4.69) is 27.1 Å². The number of hydrogen-bond donors (Lipinski definition) is 0. The molecule has 0 radical (unpaired) electrons. The minimum atomic E-state index is -6.39. The molecule has 6 nitrogen and oxygen atoms in total. The summed E-state index contributed by atoms with van der Waals surface area (Å²) in [5.74, 6) is 0.982. The Kier molecular flexibility index (Phi) is 8.18. The predicted octanol–water partition coefficient (Wildman–Crippen LogP) is 19.4. The van der Waals surface area contributed by atoms with Crippen LogP contribution in [0.1, 0.15) is 77.2 Å². The van der Waals surface area contributed by atoms with Gasteiger partial charge in [-0.2, -0.15) is 0 Å². The summed E-state index contributed by atoms with van der Waals surface area (Å²) in [4.78, 5) is 4.88. The first-order valence-corrected chi connectivity index (χ1v) is 33.1. The van der Waals surface area contributed by atoms with E-state index in [4.69, 9.17) is 13.8 Å². The monoisotopic (exact) mass is 1290 g/mol. The molecule has 462 valence electrons. The van der Waals surface area contributed by atoms with Crippen molar-refractivity contribution in [3.63, 3.8) is 0 Å². The van der Waals surface area contributed by atoms with Gasteiger partial charge in [0.15, 0.2) is 8.07 Å². The van der Waals surface area contributed by atoms with Crippen LogP contribution in [0, 0.1) is 20.0 Å². The van der Waals surface area contributed by atoms with E-state index in [9.17, 15) is 35.6 Å². The molecule has 0 fully saturated rings. The maximum Gasteiger partial charge on any atom is 0.269 e. The highest BCUT2D eigenvalue weighted by atomic mass is 28.3. The molecule has 17 aromatic rings. The maximum atomic E-state index is 10.7. The van der Waals surface area contributed by atoms with E-state index in [0.29, 0.717) is 33.1 Å². The SMILES string of the molecule is [2H]c1c([2H])c([2H])c([Si](c2cc3c4c(c2)n(-c2cccc(Oc5ccc6c7ccccc7n(-c7cc(C(C)(C)C)ccn7)c6c5)c2)[c-][n+]4-c2c(cc(-c4c(C([2H])([2H])[2H])cccc4C([2H])([2H])[2H])cc2-n2c4ccccc4c4ccccc42)-c2c([2H])c([2H])c([2H])c([2H])c2-c2c([2H])c([2H])c([2H])c([2H])c2-3)(c2c([2H])c([2H])c([2H])c([2H])c2[2H])c2c([2H])c([2H])c([2H])c([2H])c2[2H])c([2H])c1[2H]. The lowest BCUT2D eigenvalue weighted by Crippen LogP contribution is -2.74. The van der Waals surface area contributed by atoms with Crippen molar-refractivity contribution >= 4 is 83.5 Å². The molecular weight excluding hydrogens is 1200 g/mol. The van der Waals surface area contributed by atoms with Gasteiger partial charge in [-0.1, -0.05) is 251 Å². The van der Waals surface area contributed by atoms with Gasteiger partial charge >= 0.3 is 0 Å². The molecule has 1 aliphatic heterocycles. The Morgan fingerprint density at radius 3 is 1.56 bits per heavy atom. The molecule has 0 atom stereocenters. The zero-order chi connectivity index (χ0) is 90.1. The van der Waals surface area contributed by atoms with Crippen molar-refractivity contribution in [2.24, 2.45) is 0 Å². The van der Waals surface area contributed by atoms with E-state index < -0.39 is 220 Å². The van der Waals surface area contributed by atoms with Crippen LogP contribution in [0.15, 0.2) is 315 Å². The van der Waals surface area contributed by atoms with Crippen molar-refractivity contribution in [1.29, 1.82) is 0 Å². The lowest BCUT2D eigenvalue weighted by Gasteiger charge is -2.35. The normalized spacial score (nSPS) is 16.7. The van der Waals surface area contributed by atoms with E-state index in [-0.39, 0.29) is 61.7 Å². The zero-order valence-electron chi connectivity index (χ0n) is 80.9. The standard InChI is InChI=1S/C90H67N5OSi/c1-59-27-25-28-60(2)87(59)61-51-78-72-39-17-15-37-70(72)71-38-16-18-40-73(71)79-56-69(97(66-31-9-6-10-32-66,67-33-11-7-12-34-67)68-35-13-8-14-36-68)57-84-88(79)93(89(78)85(52-61)94-80-44-22-19-41-74(80)75-42-20-23-45-81(75)94)58-92(84)63-29-26-30-64(54-63)96-65-47-48-77-76-43-21-24-46-82(76)95(83(77)55-65)86-53-62(49-50-91-86)90(3,4)5/h6-57H,1-5H3/i1D3,2D3,6D,7D,8D,9D,10D,11D,12D,13D,14D,15D,16D,17D,18D,31D,32D,33D,34D,35D,36D,37D,38D,39D,40D. The molecule has 0 saturated heterocycles. The van der Waals surface area contributed by atoms with Crippen LogP contribution in [0.5, 0.6) is 11.5 Å². The molecule has 13 aromatic carbocycles. The number of aromatic nitrogens is 5. The minimum Gasteiger partial charge on any atom is -0.458 e. The fraction of sp³-hybridized carbons (Fsp3) is 0.0667. The van der Waals surface area contributed by atoms with Crippen LogP contribution in [-0.4, -0.2) is 26.8 Å². The Hall–Kier alpha value is -11.9. The predicted molar refractivity (Wildman–Crippen MR) is 404 cm³/mol. The van der Waals surface area contributed by atoms with Crippen LogP contribution in [0.2, 0.25) is 0 Å². The van der Waals surface area contributed by atoms with Gasteiger partial charge < -0.3 is 9.30 Å². The second kappa shape index (κ2) is 22.7. The van der Waals surface area contributed by atoms with Gasteiger partial charge in [-0.3, -0.25) is 13.7 Å². The van der Waals surface area contributed by atoms with Gasteiger partial charge in [0.2, 0.25) is 0 Å². The van der Waals surface area contributed by atoms with Crippen molar-refractivity contribution in [3.05, 3.63) is 338 Å². The van der Waals surface area contributed by atoms with Crippen LogP contribution in [0.4, 0.5) is 0 Å². The third-order valence-electron chi connectivity index (χ3n) is 18.3. The molecule has 5 heterocycles. The van der Waals surface area contributed by atoms with Gasteiger partial charge in [0, 0.05) is 42.0 Å². The van der Waals surface area contributed by atoms with Crippen LogP contribution >= 0.6 is 0 Å². The second-order valence-electron chi connectivity index (χ2n) is 24.7. The fourth-order valence-electron chi connectivity index (χ4n) is 14.0. The van der Waals surface area contributed by atoms with E-state index >= 15 is 0 Å². The highest BCUT2D eigenvalue weighted by Crippen LogP contribution is 2.48. The van der Waals surface area contributed by atoms with Gasteiger partial charge in [-0.25, -0.2) is 4.98 Å². The van der Waals surface area contributed by atoms with Crippen molar-refractivity contribution in [1.82, 2.24) is 18.7 Å². The highest BCUT2D eigenvalue weighted by molar-refractivity contribution is 7.20. The van der Waals surface area contributed by atoms with E-state index in [0.717, 1.165) is 27.9 Å². The van der Waals surface area contributed by atoms with E-state index in [1.165, 1.54) is 45.5 Å². The summed E-state index contributed by atoms with van der Waals surface area (Å²) < 4.78 is 296. The Labute approximate surface area is 606 Å². The first kappa shape index (κ1) is 35.0. The highest BCUT2D eigenvalue weighted by Gasteiger charge is 2.43. The number of ether oxygens (including phenoxy) is 1. The Bertz CT molecular complexity index is 7370. The molecule has 1 aliphatic rings. The molecule has 0 aliphatic carbocycles. The summed E-state index contributed by atoms with van der Waals surface area (Å²) in [5.41, 5.74) is -2.65. The quantitative estimate of drug-likeness (QED) is 0.0593. The third-order valence-corrected chi connectivity index (χ3v) is 22.4. The number of rotatable bonds is 10. The fourth-order valence-corrected chi connectivity index (χ4v) is 17.8. The van der Waals surface area contributed by atoms with Gasteiger partial charge in [0.05, 0.1) is 81.7 Å². The molecule has 18 rings (SSSR count). The Morgan fingerprint density at radius 1 is 0.443 bits per heavy atom. The number of hydrogen-bond acceptors (Lipinski definition) is 2. The zero-order valence-corrected chi connectivity index (χ0v) is 52.9. The van der Waals surface area contributed by atoms with Crippen molar-refractivity contribution in [2.45, 2.75) is 39.9 Å². The first-order valence-electron chi connectivity index (χ1n) is 45.6. The first-order chi connectivity index (χ1) is 59.5. The van der Waals surface area contributed by atoms with Gasteiger partial charge in [0.25, 0.3) is 6.33 Å². The molecule has 0 bridgehead atoms. The molecule has 0 N–H and O–H groups in total. The third kappa shape index (κ3) is 9.21.